The third kappa shape index (κ3) is 2.39. The van der Waals surface area contributed by atoms with Crippen LogP contribution in [0.25, 0.3) is 11.0 Å². The normalized spacial score (nSPS) is 11.1. The summed E-state index contributed by atoms with van der Waals surface area (Å²) in [6, 6.07) is 8.48. The van der Waals surface area contributed by atoms with Crippen LogP contribution in [-0.4, -0.2) is 13.6 Å². The van der Waals surface area contributed by atoms with Crippen molar-refractivity contribution in [2.75, 3.05) is 13.6 Å². The highest BCUT2D eigenvalue weighted by atomic mass is 16.3. The van der Waals surface area contributed by atoms with Gasteiger partial charge in [0.25, 0.3) is 0 Å². The van der Waals surface area contributed by atoms with E-state index in [0.717, 1.165) is 30.7 Å². The Morgan fingerprint density at radius 1 is 1.27 bits per heavy atom. The lowest BCUT2D eigenvalue weighted by atomic mass is 10.2. The van der Waals surface area contributed by atoms with Crippen LogP contribution in [0, 0.1) is 6.92 Å². The third-order valence-corrected chi connectivity index (χ3v) is 2.58. The Hall–Kier alpha value is -1.28. The number of benzene rings is 1. The molecule has 2 rings (SSSR count). The Morgan fingerprint density at radius 3 is 2.93 bits per heavy atom. The van der Waals surface area contributed by atoms with E-state index in [-0.39, 0.29) is 0 Å². The van der Waals surface area contributed by atoms with Gasteiger partial charge in [0.05, 0.1) is 0 Å². The largest absolute Gasteiger partial charge is 0.461 e. The fourth-order valence-electron chi connectivity index (χ4n) is 1.76. The molecule has 2 aromatic rings. The van der Waals surface area contributed by atoms with E-state index in [1.807, 2.05) is 7.05 Å². The highest BCUT2D eigenvalue weighted by Crippen LogP contribution is 2.21. The van der Waals surface area contributed by atoms with Gasteiger partial charge in [-0.1, -0.05) is 12.1 Å². The van der Waals surface area contributed by atoms with Crippen LogP contribution in [0.3, 0.4) is 0 Å². The number of rotatable bonds is 4. The zero-order valence-electron chi connectivity index (χ0n) is 9.34. The van der Waals surface area contributed by atoms with Gasteiger partial charge < -0.3 is 9.73 Å². The Kier molecular flexibility index (Phi) is 3.07. The van der Waals surface area contributed by atoms with E-state index in [1.54, 1.807) is 0 Å². The van der Waals surface area contributed by atoms with Gasteiger partial charge in [-0.3, -0.25) is 0 Å². The van der Waals surface area contributed by atoms with Gasteiger partial charge in [0.15, 0.2) is 0 Å². The molecule has 0 fully saturated rings. The molecule has 1 heterocycles. The first-order valence-corrected chi connectivity index (χ1v) is 5.43. The SMILES string of the molecule is CNCCCc1cc2ccc(C)cc2o1. The van der Waals surface area contributed by atoms with Crippen LogP contribution in [0.1, 0.15) is 17.7 Å². The average Bonchev–Trinajstić information content (AvgIpc) is 2.60. The Bertz CT molecular complexity index is 445. The number of nitrogens with one attached hydrogen (secondary N) is 1. The molecule has 0 radical (unpaired) electrons. The molecule has 0 aliphatic heterocycles. The van der Waals surface area contributed by atoms with Crippen molar-refractivity contribution in [3.63, 3.8) is 0 Å². The summed E-state index contributed by atoms with van der Waals surface area (Å²) in [5.74, 6) is 1.09. The van der Waals surface area contributed by atoms with Crippen molar-refractivity contribution >= 4 is 11.0 Å². The van der Waals surface area contributed by atoms with Gasteiger partial charge >= 0.3 is 0 Å². The summed E-state index contributed by atoms with van der Waals surface area (Å²) in [7, 11) is 1.97. The second-order valence-electron chi connectivity index (χ2n) is 3.96. The van der Waals surface area contributed by atoms with E-state index in [2.05, 4.69) is 36.5 Å². The second kappa shape index (κ2) is 4.49. The maximum absolute atomic E-state index is 5.77. The van der Waals surface area contributed by atoms with E-state index in [9.17, 15) is 0 Å². The molecule has 0 bridgehead atoms. The topological polar surface area (TPSA) is 25.2 Å². The second-order valence-corrected chi connectivity index (χ2v) is 3.96. The van der Waals surface area contributed by atoms with Crippen molar-refractivity contribution in [3.05, 3.63) is 35.6 Å². The summed E-state index contributed by atoms with van der Waals surface area (Å²) < 4.78 is 5.77. The fourth-order valence-corrected chi connectivity index (χ4v) is 1.76. The van der Waals surface area contributed by atoms with Crippen LogP contribution in [0.5, 0.6) is 0 Å². The predicted molar refractivity (Wildman–Crippen MR) is 63.2 cm³/mol. The number of furan rings is 1. The molecule has 0 aliphatic carbocycles. The molecular formula is C13H17NO. The van der Waals surface area contributed by atoms with Crippen LogP contribution in [0.15, 0.2) is 28.7 Å². The van der Waals surface area contributed by atoms with E-state index >= 15 is 0 Å². The first-order valence-electron chi connectivity index (χ1n) is 5.43. The summed E-state index contributed by atoms with van der Waals surface area (Å²) >= 11 is 0. The lowest BCUT2D eigenvalue weighted by Gasteiger charge is -1.95. The molecule has 15 heavy (non-hydrogen) atoms. The van der Waals surface area contributed by atoms with Gasteiger partial charge in [0.1, 0.15) is 11.3 Å². The Balaban J connectivity index is 2.16. The molecule has 0 atom stereocenters. The monoisotopic (exact) mass is 203 g/mol. The Labute approximate surface area is 90.3 Å². The molecule has 2 heteroatoms. The zero-order valence-corrected chi connectivity index (χ0v) is 9.34. The smallest absolute Gasteiger partial charge is 0.134 e. The fraction of sp³-hybridized carbons (Fsp3) is 0.385. The molecule has 2 nitrogen and oxygen atoms in total. The minimum atomic E-state index is 1.01. The molecule has 0 saturated heterocycles. The number of hydrogen-bond donors (Lipinski definition) is 1. The van der Waals surface area contributed by atoms with Crippen molar-refractivity contribution in [1.82, 2.24) is 5.32 Å². The van der Waals surface area contributed by atoms with Crippen LogP contribution >= 0.6 is 0 Å². The molecule has 0 unspecified atom stereocenters. The van der Waals surface area contributed by atoms with Crippen molar-refractivity contribution in [3.8, 4) is 0 Å². The Morgan fingerprint density at radius 2 is 2.13 bits per heavy atom. The minimum absolute atomic E-state index is 1.01. The van der Waals surface area contributed by atoms with E-state index in [0.29, 0.717) is 0 Å². The number of fused-ring (bicyclic) bond motifs is 1. The zero-order chi connectivity index (χ0) is 10.7. The van der Waals surface area contributed by atoms with Crippen molar-refractivity contribution < 1.29 is 4.42 Å². The molecular weight excluding hydrogens is 186 g/mol. The van der Waals surface area contributed by atoms with E-state index in [1.165, 1.54) is 10.9 Å². The van der Waals surface area contributed by atoms with Crippen LogP contribution in [0.4, 0.5) is 0 Å². The van der Waals surface area contributed by atoms with E-state index < -0.39 is 0 Å². The lowest BCUT2D eigenvalue weighted by Crippen LogP contribution is -2.07. The van der Waals surface area contributed by atoms with Crippen LogP contribution < -0.4 is 5.32 Å². The molecule has 0 spiro atoms. The molecule has 1 aromatic heterocycles. The first-order chi connectivity index (χ1) is 7.29. The summed E-state index contributed by atoms with van der Waals surface area (Å²) in [5, 5.41) is 4.35. The standard InChI is InChI=1S/C13H17NO/c1-10-5-6-11-9-12(4-3-7-14-2)15-13(11)8-10/h5-6,8-9,14H,3-4,7H2,1-2H3. The minimum Gasteiger partial charge on any atom is -0.461 e. The summed E-state index contributed by atoms with van der Waals surface area (Å²) in [5.41, 5.74) is 2.26. The molecule has 1 N–H and O–H groups in total. The van der Waals surface area contributed by atoms with E-state index in [4.69, 9.17) is 4.42 Å². The maximum Gasteiger partial charge on any atom is 0.134 e. The van der Waals surface area contributed by atoms with Gasteiger partial charge in [-0.2, -0.15) is 0 Å². The highest BCUT2D eigenvalue weighted by Gasteiger charge is 2.02. The lowest BCUT2D eigenvalue weighted by molar-refractivity contribution is 0.534. The molecule has 0 aliphatic rings. The van der Waals surface area contributed by atoms with Crippen molar-refractivity contribution in [2.24, 2.45) is 0 Å². The quantitative estimate of drug-likeness (QED) is 0.773. The van der Waals surface area contributed by atoms with Gasteiger partial charge in [0, 0.05) is 11.8 Å². The first kappa shape index (κ1) is 10.2. The van der Waals surface area contributed by atoms with Crippen molar-refractivity contribution in [1.29, 1.82) is 0 Å². The predicted octanol–water partition coefficient (Wildman–Crippen LogP) is 2.89. The summed E-state index contributed by atoms with van der Waals surface area (Å²) in [6.07, 6.45) is 2.13. The summed E-state index contributed by atoms with van der Waals surface area (Å²) in [4.78, 5) is 0. The van der Waals surface area contributed by atoms with Gasteiger partial charge in [-0.15, -0.1) is 0 Å². The number of aryl methyl sites for hydroxylation is 2. The van der Waals surface area contributed by atoms with Gasteiger partial charge in [0.2, 0.25) is 0 Å². The van der Waals surface area contributed by atoms with Crippen LogP contribution in [-0.2, 0) is 6.42 Å². The summed E-state index contributed by atoms with van der Waals surface area (Å²) in [6.45, 7) is 3.12. The van der Waals surface area contributed by atoms with Crippen LogP contribution in [0.2, 0.25) is 0 Å². The average molecular weight is 203 g/mol. The molecule has 0 amide bonds. The molecule has 80 valence electrons. The van der Waals surface area contributed by atoms with Gasteiger partial charge in [-0.25, -0.2) is 0 Å². The van der Waals surface area contributed by atoms with Gasteiger partial charge in [-0.05, 0) is 44.6 Å². The number of hydrogen-bond acceptors (Lipinski definition) is 2. The molecule has 1 aromatic carbocycles. The maximum atomic E-state index is 5.77. The van der Waals surface area contributed by atoms with Crippen molar-refractivity contribution in [2.45, 2.75) is 19.8 Å². The molecule has 0 saturated carbocycles. The highest BCUT2D eigenvalue weighted by molar-refractivity contribution is 5.78. The third-order valence-electron chi connectivity index (χ3n) is 2.58.